The molecule has 19 heavy (non-hydrogen) atoms. The molecule has 1 amide bonds. The number of amides is 1. The van der Waals surface area contributed by atoms with E-state index in [9.17, 15) is 9.59 Å². The van der Waals surface area contributed by atoms with E-state index in [0.29, 0.717) is 0 Å². The minimum atomic E-state index is -0.387. The smallest absolute Gasteiger partial charge is 0.257 e. The molecule has 6 heteroatoms. The van der Waals surface area contributed by atoms with E-state index in [1.807, 2.05) is 13.8 Å². The van der Waals surface area contributed by atoms with E-state index in [-0.39, 0.29) is 22.9 Å². The summed E-state index contributed by atoms with van der Waals surface area (Å²) >= 11 is 1.53. The molecule has 0 saturated heterocycles. The molecule has 0 aliphatic carbocycles. The van der Waals surface area contributed by atoms with E-state index in [0.717, 1.165) is 15.6 Å². The van der Waals surface area contributed by atoms with Crippen LogP contribution in [0.5, 0.6) is 0 Å². The van der Waals surface area contributed by atoms with Crippen molar-refractivity contribution >= 4 is 17.2 Å². The number of rotatable bonds is 3. The number of nitrogens with one attached hydrogen (secondary N) is 2. The van der Waals surface area contributed by atoms with E-state index in [1.165, 1.54) is 23.6 Å². The fourth-order valence-corrected chi connectivity index (χ4v) is 2.44. The molecule has 0 spiro atoms. The normalized spacial score (nSPS) is 12.2. The van der Waals surface area contributed by atoms with Crippen LogP contribution in [0.1, 0.15) is 38.9 Å². The average molecular weight is 277 g/mol. The molecule has 0 aliphatic heterocycles. The average Bonchev–Trinajstić information content (AvgIpc) is 2.75. The molecule has 1 unspecified atom stereocenters. The summed E-state index contributed by atoms with van der Waals surface area (Å²) in [4.78, 5) is 31.9. The third-order valence-electron chi connectivity index (χ3n) is 2.66. The number of carbonyl (C=O) groups is 1. The van der Waals surface area contributed by atoms with Gasteiger partial charge in [-0.15, -0.1) is 11.3 Å². The maximum absolute atomic E-state index is 12.0. The molecule has 0 aliphatic rings. The summed E-state index contributed by atoms with van der Waals surface area (Å²) in [5.41, 5.74) is 0.562. The summed E-state index contributed by atoms with van der Waals surface area (Å²) in [5.74, 6) is -0.387. The van der Waals surface area contributed by atoms with Gasteiger partial charge in [-0.05, 0) is 20.8 Å². The van der Waals surface area contributed by atoms with Crippen molar-refractivity contribution in [2.45, 2.75) is 26.8 Å². The Morgan fingerprint density at radius 3 is 2.79 bits per heavy atom. The van der Waals surface area contributed by atoms with Crippen LogP contribution in [0.3, 0.4) is 0 Å². The van der Waals surface area contributed by atoms with Crippen LogP contribution in [-0.2, 0) is 0 Å². The summed E-state index contributed by atoms with van der Waals surface area (Å²) in [5, 5.41) is 3.60. The Morgan fingerprint density at radius 2 is 2.21 bits per heavy atom. The van der Waals surface area contributed by atoms with Gasteiger partial charge in [-0.3, -0.25) is 9.59 Å². The number of thiazole rings is 1. The minimum absolute atomic E-state index is 0.116. The molecule has 5 nitrogen and oxygen atoms in total. The lowest BCUT2D eigenvalue weighted by molar-refractivity contribution is 0.0938. The molecule has 0 saturated carbocycles. The summed E-state index contributed by atoms with van der Waals surface area (Å²) in [6, 6.07) is 1.19. The Bertz CT molecular complexity index is 660. The molecule has 2 rings (SSSR count). The van der Waals surface area contributed by atoms with Crippen LogP contribution in [-0.4, -0.2) is 15.9 Å². The fourth-order valence-electron chi connectivity index (χ4n) is 1.66. The van der Waals surface area contributed by atoms with Crippen LogP contribution in [0.25, 0.3) is 0 Å². The standard InChI is InChI=1S/C13H15N3O2S/c1-7-4-11(17)10(6-14-7)12(18)16-9(3)13-15-5-8(2)19-13/h4-6,9H,1-3H3,(H,14,17)(H,16,18). The molecule has 0 radical (unpaired) electrons. The molecule has 100 valence electrons. The topological polar surface area (TPSA) is 74.8 Å². The molecule has 0 bridgehead atoms. The van der Waals surface area contributed by atoms with Crippen molar-refractivity contribution < 1.29 is 4.79 Å². The van der Waals surface area contributed by atoms with E-state index < -0.39 is 0 Å². The van der Waals surface area contributed by atoms with E-state index in [4.69, 9.17) is 0 Å². The van der Waals surface area contributed by atoms with Gasteiger partial charge in [0.1, 0.15) is 10.6 Å². The van der Waals surface area contributed by atoms with Gasteiger partial charge < -0.3 is 10.3 Å². The number of hydrogen-bond donors (Lipinski definition) is 2. The van der Waals surface area contributed by atoms with Gasteiger partial charge in [-0.25, -0.2) is 4.98 Å². The second-order valence-corrected chi connectivity index (χ2v) is 5.66. The summed E-state index contributed by atoms with van der Waals surface area (Å²) in [6.45, 7) is 5.57. The number of hydrogen-bond acceptors (Lipinski definition) is 4. The fraction of sp³-hybridized carbons (Fsp3) is 0.308. The molecule has 2 heterocycles. The number of pyridine rings is 1. The molecule has 2 aromatic heterocycles. The largest absolute Gasteiger partial charge is 0.364 e. The van der Waals surface area contributed by atoms with Crippen molar-refractivity contribution in [3.63, 3.8) is 0 Å². The van der Waals surface area contributed by atoms with Crippen LogP contribution in [0.2, 0.25) is 0 Å². The first-order valence-electron chi connectivity index (χ1n) is 5.90. The lowest BCUT2D eigenvalue weighted by atomic mass is 10.2. The third kappa shape index (κ3) is 3.08. The lowest BCUT2D eigenvalue weighted by Crippen LogP contribution is -2.30. The SMILES string of the molecule is Cc1cc(=O)c(C(=O)NC(C)c2ncc(C)s2)c[nH]1. The second-order valence-electron chi connectivity index (χ2n) is 4.40. The van der Waals surface area contributed by atoms with Gasteiger partial charge in [0.05, 0.1) is 6.04 Å². The summed E-state index contributed by atoms with van der Waals surface area (Å²) < 4.78 is 0. The van der Waals surface area contributed by atoms with Crippen LogP contribution in [0.4, 0.5) is 0 Å². The maximum Gasteiger partial charge on any atom is 0.257 e. The molecule has 2 N–H and O–H groups in total. The number of carbonyl (C=O) groups excluding carboxylic acids is 1. The van der Waals surface area contributed by atoms with Crippen LogP contribution < -0.4 is 10.7 Å². The predicted octanol–water partition coefficient (Wildman–Crippen LogP) is 1.94. The highest BCUT2D eigenvalue weighted by Crippen LogP contribution is 2.18. The number of aryl methyl sites for hydroxylation is 2. The van der Waals surface area contributed by atoms with E-state index in [2.05, 4.69) is 15.3 Å². The predicted molar refractivity (Wildman–Crippen MR) is 74.5 cm³/mol. The molecule has 0 fully saturated rings. The Hall–Kier alpha value is -1.95. The van der Waals surface area contributed by atoms with Gasteiger partial charge in [0.25, 0.3) is 5.91 Å². The Labute approximate surface area is 114 Å². The van der Waals surface area contributed by atoms with Gasteiger partial charge in [0.2, 0.25) is 0 Å². The first-order valence-corrected chi connectivity index (χ1v) is 6.71. The quantitative estimate of drug-likeness (QED) is 0.900. The molecule has 1 atom stereocenters. The third-order valence-corrected chi connectivity index (χ3v) is 3.75. The highest BCUT2D eigenvalue weighted by Gasteiger charge is 2.16. The van der Waals surface area contributed by atoms with Crippen molar-refractivity contribution in [3.05, 3.63) is 49.8 Å². The van der Waals surface area contributed by atoms with Crippen molar-refractivity contribution in [2.75, 3.05) is 0 Å². The second kappa shape index (κ2) is 5.36. The first kappa shape index (κ1) is 13.5. The van der Waals surface area contributed by atoms with Crippen molar-refractivity contribution in [1.29, 1.82) is 0 Å². The van der Waals surface area contributed by atoms with Gasteiger partial charge in [-0.2, -0.15) is 0 Å². The maximum atomic E-state index is 12.0. The van der Waals surface area contributed by atoms with E-state index >= 15 is 0 Å². The zero-order valence-corrected chi connectivity index (χ0v) is 11.8. The molecular formula is C13H15N3O2S. The monoisotopic (exact) mass is 277 g/mol. The molecular weight excluding hydrogens is 262 g/mol. The van der Waals surface area contributed by atoms with Crippen LogP contribution in [0.15, 0.2) is 23.3 Å². The lowest BCUT2D eigenvalue weighted by Gasteiger charge is -2.10. The minimum Gasteiger partial charge on any atom is -0.364 e. The summed E-state index contributed by atoms with van der Waals surface area (Å²) in [6.07, 6.45) is 3.20. The zero-order chi connectivity index (χ0) is 14.0. The van der Waals surface area contributed by atoms with Gasteiger partial charge >= 0.3 is 0 Å². The molecule has 0 aromatic carbocycles. The highest BCUT2D eigenvalue weighted by atomic mass is 32.1. The first-order chi connectivity index (χ1) is 8.97. The zero-order valence-electron chi connectivity index (χ0n) is 11.0. The van der Waals surface area contributed by atoms with Gasteiger partial charge in [-0.1, -0.05) is 0 Å². The van der Waals surface area contributed by atoms with Crippen molar-refractivity contribution in [3.8, 4) is 0 Å². The number of aromatic nitrogens is 2. The Balaban J connectivity index is 2.15. The van der Waals surface area contributed by atoms with Gasteiger partial charge in [0, 0.05) is 29.0 Å². The van der Waals surface area contributed by atoms with E-state index in [1.54, 1.807) is 13.1 Å². The number of nitrogens with zero attached hydrogens (tertiary/aromatic N) is 1. The van der Waals surface area contributed by atoms with Crippen LogP contribution >= 0.6 is 11.3 Å². The highest BCUT2D eigenvalue weighted by molar-refractivity contribution is 7.11. The Morgan fingerprint density at radius 1 is 1.47 bits per heavy atom. The number of aromatic amines is 1. The number of H-pyrrole nitrogens is 1. The Kier molecular flexibility index (Phi) is 3.80. The van der Waals surface area contributed by atoms with Crippen molar-refractivity contribution in [1.82, 2.24) is 15.3 Å². The van der Waals surface area contributed by atoms with Gasteiger partial charge in [0.15, 0.2) is 5.43 Å². The molecule has 2 aromatic rings. The summed E-state index contributed by atoms with van der Waals surface area (Å²) in [7, 11) is 0. The van der Waals surface area contributed by atoms with Crippen LogP contribution in [0, 0.1) is 13.8 Å². The van der Waals surface area contributed by atoms with Crippen molar-refractivity contribution in [2.24, 2.45) is 0 Å².